The lowest BCUT2D eigenvalue weighted by Gasteiger charge is -2.24. The molecule has 2 saturated heterocycles. The predicted octanol–water partition coefficient (Wildman–Crippen LogP) is -0.445. The molecular formula is C13H20N2O5. The number of hydrogen-bond acceptors (Lipinski definition) is 4. The van der Waals surface area contributed by atoms with Gasteiger partial charge in [-0.1, -0.05) is 0 Å². The summed E-state index contributed by atoms with van der Waals surface area (Å²) in [5.41, 5.74) is 0. The van der Waals surface area contributed by atoms with Crippen molar-refractivity contribution in [1.82, 2.24) is 9.80 Å². The van der Waals surface area contributed by atoms with E-state index in [0.717, 1.165) is 0 Å². The van der Waals surface area contributed by atoms with Crippen LogP contribution in [0.4, 0.5) is 0 Å². The zero-order chi connectivity index (χ0) is 14.9. The van der Waals surface area contributed by atoms with Gasteiger partial charge in [-0.3, -0.25) is 9.59 Å². The molecule has 2 rings (SSSR count). The highest BCUT2D eigenvalue weighted by Gasteiger charge is 2.44. The van der Waals surface area contributed by atoms with E-state index in [1.165, 1.54) is 12.0 Å². The summed E-state index contributed by atoms with van der Waals surface area (Å²) in [6.45, 7) is 3.10. The molecule has 1 N–H and O–H groups in total. The van der Waals surface area contributed by atoms with Crippen molar-refractivity contribution in [3.8, 4) is 0 Å². The van der Waals surface area contributed by atoms with Gasteiger partial charge >= 0.3 is 5.97 Å². The van der Waals surface area contributed by atoms with Crippen LogP contribution in [0.25, 0.3) is 0 Å². The summed E-state index contributed by atoms with van der Waals surface area (Å²) in [5, 5.41) is 9.21. The van der Waals surface area contributed by atoms with Crippen LogP contribution in [-0.2, 0) is 19.1 Å². The molecule has 2 aliphatic heterocycles. The van der Waals surface area contributed by atoms with E-state index in [9.17, 15) is 19.5 Å². The molecule has 112 valence electrons. The number of amides is 2. The first kappa shape index (κ1) is 14.8. The lowest BCUT2D eigenvalue weighted by molar-refractivity contribution is -0.149. The smallest absolute Gasteiger partial charge is 0.326 e. The average Bonchev–Trinajstić information content (AvgIpc) is 3.01. The Morgan fingerprint density at radius 3 is 2.60 bits per heavy atom. The minimum absolute atomic E-state index is 0.0415. The number of likely N-dealkylation sites (tertiary alicyclic amines) is 2. The minimum atomic E-state index is -1.02. The second-order valence-electron chi connectivity index (χ2n) is 5.27. The fourth-order valence-corrected chi connectivity index (χ4v) is 2.92. The highest BCUT2D eigenvalue weighted by atomic mass is 16.5. The lowest BCUT2D eigenvalue weighted by atomic mass is 10.1. The lowest BCUT2D eigenvalue weighted by Crippen LogP contribution is -2.44. The van der Waals surface area contributed by atoms with E-state index >= 15 is 0 Å². The molecule has 7 heteroatoms. The number of aliphatic carboxylic acids is 1. The van der Waals surface area contributed by atoms with E-state index in [4.69, 9.17) is 4.74 Å². The number of nitrogens with zero attached hydrogens (tertiary/aromatic N) is 2. The number of carboxylic acid groups (broad SMARTS) is 1. The first-order chi connectivity index (χ1) is 9.47. The van der Waals surface area contributed by atoms with Gasteiger partial charge in [0.15, 0.2) is 0 Å². The summed E-state index contributed by atoms with van der Waals surface area (Å²) in [6.07, 6.45) is 0.225. The minimum Gasteiger partial charge on any atom is -0.480 e. The van der Waals surface area contributed by atoms with Crippen LogP contribution < -0.4 is 0 Å². The van der Waals surface area contributed by atoms with Crippen LogP contribution in [0.5, 0.6) is 0 Å². The Bertz CT molecular complexity index is 425. The number of ether oxygens (including phenoxy) is 1. The second-order valence-corrected chi connectivity index (χ2v) is 5.27. The van der Waals surface area contributed by atoms with Gasteiger partial charge in [0.25, 0.3) is 0 Å². The SMILES string of the molecule is CCN1CC(C(=O)N2CC(OC)CC2C(=O)O)CC1=O. The standard InChI is InChI=1S/C13H20N2O5/c1-3-14-6-8(4-11(14)16)12(17)15-7-9(20-2)5-10(15)13(18)19/h8-10H,3-7H2,1-2H3,(H,18,19). The highest BCUT2D eigenvalue weighted by molar-refractivity contribution is 5.91. The van der Waals surface area contributed by atoms with Crippen LogP contribution in [0, 0.1) is 5.92 Å². The number of hydrogen-bond donors (Lipinski definition) is 1. The Labute approximate surface area is 117 Å². The molecule has 0 radical (unpaired) electrons. The van der Waals surface area contributed by atoms with Crippen molar-refractivity contribution in [2.75, 3.05) is 26.7 Å². The summed E-state index contributed by atoms with van der Waals surface area (Å²) in [6, 6.07) is -0.849. The molecule has 3 atom stereocenters. The Kier molecular flexibility index (Phi) is 4.27. The number of carbonyl (C=O) groups is 3. The second kappa shape index (κ2) is 5.78. The first-order valence-electron chi connectivity index (χ1n) is 6.81. The van der Waals surface area contributed by atoms with E-state index in [1.807, 2.05) is 6.92 Å². The third kappa shape index (κ3) is 2.63. The fraction of sp³-hybridized carbons (Fsp3) is 0.769. The molecule has 0 aromatic heterocycles. The number of carboxylic acids is 1. The summed E-state index contributed by atoms with van der Waals surface area (Å²) >= 11 is 0. The predicted molar refractivity (Wildman–Crippen MR) is 68.9 cm³/mol. The number of carbonyl (C=O) groups excluding carboxylic acids is 2. The monoisotopic (exact) mass is 284 g/mol. The van der Waals surface area contributed by atoms with Gasteiger partial charge in [0, 0.05) is 39.6 Å². The largest absolute Gasteiger partial charge is 0.480 e. The quantitative estimate of drug-likeness (QED) is 0.756. The maximum atomic E-state index is 12.5. The molecule has 0 aliphatic carbocycles. The Morgan fingerprint density at radius 1 is 1.40 bits per heavy atom. The zero-order valence-electron chi connectivity index (χ0n) is 11.7. The highest BCUT2D eigenvalue weighted by Crippen LogP contribution is 2.26. The third-order valence-electron chi connectivity index (χ3n) is 4.11. The molecule has 0 saturated carbocycles. The van der Waals surface area contributed by atoms with E-state index in [1.54, 1.807) is 4.90 Å². The van der Waals surface area contributed by atoms with Crippen LogP contribution in [0.2, 0.25) is 0 Å². The van der Waals surface area contributed by atoms with E-state index < -0.39 is 17.9 Å². The molecule has 0 spiro atoms. The van der Waals surface area contributed by atoms with Crippen molar-refractivity contribution in [2.24, 2.45) is 5.92 Å². The van der Waals surface area contributed by atoms with Crippen LogP contribution >= 0.6 is 0 Å². The van der Waals surface area contributed by atoms with E-state index in [0.29, 0.717) is 19.5 Å². The van der Waals surface area contributed by atoms with Gasteiger partial charge in [-0.15, -0.1) is 0 Å². The van der Waals surface area contributed by atoms with Gasteiger partial charge < -0.3 is 19.6 Å². The molecule has 2 fully saturated rings. The van der Waals surface area contributed by atoms with Crippen molar-refractivity contribution in [2.45, 2.75) is 31.9 Å². The van der Waals surface area contributed by atoms with Crippen molar-refractivity contribution in [3.05, 3.63) is 0 Å². The molecule has 20 heavy (non-hydrogen) atoms. The van der Waals surface area contributed by atoms with Crippen molar-refractivity contribution in [3.63, 3.8) is 0 Å². The van der Waals surface area contributed by atoms with Crippen LogP contribution in [0.15, 0.2) is 0 Å². The Balaban J connectivity index is 2.08. The molecule has 0 bridgehead atoms. The average molecular weight is 284 g/mol. The summed E-state index contributed by atoms with van der Waals surface area (Å²) < 4.78 is 5.16. The van der Waals surface area contributed by atoms with Gasteiger partial charge in [-0.05, 0) is 6.92 Å². The van der Waals surface area contributed by atoms with Crippen molar-refractivity contribution in [1.29, 1.82) is 0 Å². The van der Waals surface area contributed by atoms with E-state index in [-0.39, 0.29) is 30.9 Å². The van der Waals surface area contributed by atoms with Crippen molar-refractivity contribution < 1.29 is 24.2 Å². The van der Waals surface area contributed by atoms with Gasteiger partial charge in [0.1, 0.15) is 6.04 Å². The molecule has 2 amide bonds. The molecule has 2 aliphatic rings. The Hall–Kier alpha value is -1.63. The summed E-state index contributed by atoms with van der Waals surface area (Å²) in [7, 11) is 1.51. The molecule has 0 aromatic rings. The number of methoxy groups -OCH3 is 1. The first-order valence-corrected chi connectivity index (χ1v) is 6.81. The summed E-state index contributed by atoms with van der Waals surface area (Å²) in [4.78, 5) is 38.4. The third-order valence-corrected chi connectivity index (χ3v) is 4.11. The number of rotatable bonds is 4. The van der Waals surface area contributed by atoms with Gasteiger partial charge in [0.05, 0.1) is 12.0 Å². The normalized spacial score (nSPS) is 30.1. The molecule has 3 unspecified atom stereocenters. The van der Waals surface area contributed by atoms with Crippen LogP contribution in [0.3, 0.4) is 0 Å². The topological polar surface area (TPSA) is 87.2 Å². The fourth-order valence-electron chi connectivity index (χ4n) is 2.92. The van der Waals surface area contributed by atoms with Crippen LogP contribution in [0.1, 0.15) is 19.8 Å². The molecule has 2 heterocycles. The van der Waals surface area contributed by atoms with Gasteiger partial charge in [-0.25, -0.2) is 4.79 Å². The maximum Gasteiger partial charge on any atom is 0.326 e. The molecular weight excluding hydrogens is 264 g/mol. The van der Waals surface area contributed by atoms with Gasteiger partial charge in [0.2, 0.25) is 11.8 Å². The maximum absolute atomic E-state index is 12.5. The van der Waals surface area contributed by atoms with E-state index in [2.05, 4.69) is 0 Å². The summed E-state index contributed by atoms with van der Waals surface area (Å²) in [5.74, 6) is -1.74. The Morgan fingerprint density at radius 2 is 2.10 bits per heavy atom. The zero-order valence-corrected chi connectivity index (χ0v) is 11.7. The van der Waals surface area contributed by atoms with Crippen molar-refractivity contribution >= 4 is 17.8 Å². The molecule has 0 aromatic carbocycles. The molecule has 7 nitrogen and oxygen atoms in total. The van der Waals surface area contributed by atoms with Gasteiger partial charge in [-0.2, -0.15) is 0 Å². The van der Waals surface area contributed by atoms with Crippen LogP contribution in [-0.4, -0.2) is 71.6 Å².